The number of carbonyl (C=O) groups excluding carboxylic acids is 2. The third-order valence-electron chi connectivity index (χ3n) is 5.14. The van der Waals surface area contributed by atoms with Gasteiger partial charge in [0.05, 0.1) is 5.75 Å². The van der Waals surface area contributed by atoms with Crippen molar-refractivity contribution in [3.05, 3.63) is 29.8 Å². The minimum atomic E-state index is -3.16. The molecule has 0 atom stereocenters. The van der Waals surface area contributed by atoms with Crippen molar-refractivity contribution in [3.8, 4) is 0 Å². The van der Waals surface area contributed by atoms with Crippen LogP contribution in [-0.2, 0) is 21.4 Å². The molecule has 0 bridgehead atoms. The number of hydrogen-bond donors (Lipinski definition) is 3. The van der Waals surface area contributed by atoms with Gasteiger partial charge in [0.2, 0.25) is 15.9 Å². The summed E-state index contributed by atoms with van der Waals surface area (Å²) in [6.45, 7) is 2.86. The van der Waals surface area contributed by atoms with E-state index in [-0.39, 0.29) is 29.7 Å². The van der Waals surface area contributed by atoms with Crippen LogP contribution < -0.4 is 16.0 Å². The van der Waals surface area contributed by atoms with Gasteiger partial charge < -0.3 is 16.0 Å². The Labute approximate surface area is 166 Å². The van der Waals surface area contributed by atoms with Crippen LogP contribution >= 0.6 is 0 Å². The SMILES string of the molecule is CCS(=O)(=O)N1CCC(NC(=O)NCc2cccc(NC(=O)C3CC3)c2)CC1. The molecule has 3 amide bonds. The van der Waals surface area contributed by atoms with Crippen molar-refractivity contribution in [1.29, 1.82) is 0 Å². The first-order chi connectivity index (χ1) is 13.4. The van der Waals surface area contributed by atoms with Gasteiger partial charge in [-0.25, -0.2) is 17.5 Å². The zero-order chi connectivity index (χ0) is 20.1. The van der Waals surface area contributed by atoms with E-state index in [4.69, 9.17) is 0 Å². The van der Waals surface area contributed by atoms with Gasteiger partial charge in [-0.05, 0) is 50.3 Å². The van der Waals surface area contributed by atoms with E-state index >= 15 is 0 Å². The largest absolute Gasteiger partial charge is 0.335 e. The monoisotopic (exact) mass is 408 g/mol. The second-order valence-corrected chi connectivity index (χ2v) is 9.62. The van der Waals surface area contributed by atoms with Gasteiger partial charge in [-0.2, -0.15) is 0 Å². The molecule has 0 radical (unpaired) electrons. The number of amides is 3. The molecule has 1 aliphatic carbocycles. The maximum Gasteiger partial charge on any atom is 0.315 e. The average Bonchev–Trinajstić information content (AvgIpc) is 3.52. The van der Waals surface area contributed by atoms with Crippen LogP contribution in [-0.4, -0.2) is 49.5 Å². The van der Waals surface area contributed by atoms with Crippen LogP contribution in [0.2, 0.25) is 0 Å². The summed E-state index contributed by atoms with van der Waals surface area (Å²) in [6, 6.07) is 7.12. The van der Waals surface area contributed by atoms with E-state index in [1.165, 1.54) is 4.31 Å². The van der Waals surface area contributed by atoms with Gasteiger partial charge in [-0.1, -0.05) is 12.1 Å². The number of benzene rings is 1. The highest BCUT2D eigenvalue weighted by Gasteiger charge is 2.29. The van der Waals surface area contributed by atoms with Gasteiger partial charge >= 0.3 is 6.03 Å². The molecule has 8 nitrogen and oxygen atoms in total. The first-order valence-corrected chi connectivity index (χ1v) is 11.4. The molecule has 0 aromatic heterocycles. The number of nitrogens with zero attached hydrogens (tertiary/aromatic N) is 1. The maximum atomic E-state index is 12.2. The zero-order valence-corrected chi connectivity index (χ0v) is 16.9. The molecule has 1 aliphatic heterocycles. The molecular weight excluding hydrogens is 380 g/mol. The summed E-state index contributed by atoms with van der Waals surface area (Å²) in [5.74, 6) is 0.303. The first kappa shape index (κ1) is 20.6. The highest BCUT2D eigenvalue weighted by molar-refractivity contribution is 7.89. The summed E-state index contributed by atoms with van der Waals surface area (Å²) < 4.78 is 25.2. The minimum absolute atomic E-state index is 0.0347. The van der Waals surface area contributed by atoms with E-state index < -0.39 is 10.0 Å². The van der Waals surface area contributed by atoms with Crippen molar-refractivity contribution in [2.75, 3.05) is 24.2 Å². The molecule has 9 heteroatoms. The molecule has 0 unspecified atom stereocenters. The van der Waals surface area contributed by atoms with Crippen molar-refractivity contribution < 1.29 is 18.0 Å². The van der Waals surface area contributed by atoms with Crippen LogP contribution in [0.3, 0.4) is 0 Å². The average molecular weight is 409 g/mol. The highest BCUT2D eigenvalue weighted by atomic mass is 32.2. The Bertz CT molecular complexity index is 815. The maximum absolute atomic E-state index is 12.2. The fourth-order valence-corrected chi connectivity index (χ4v) is 4.36. The van der Waals surface area contributed by atoms with Gasteiger partial charge in [0, 0.05) is 37.3 Å². The lowest BCUT2D eigenvalue weighted by Gasteiger charge is -2.31. The van der Waals surface area contributed by atoms with Crippen LogP contribution in [0.1, 0.15) is 38.2 Å². The number of carbonyl (C=O) groups is 2. The van der Waals surface area contributed by atoms with Crippen LogP contribution in [0, 0.1) is 5.92 Å². The molecule has 1 aromatic carbocycles. The van der Waals surface area contributed by atoms with Crippen molar-refractivity contribution in [2.45, 2.75) is 45.2 Å². The molecule has 1 heterocycles. The zero-order valence-electron chi connectivity index (χ0n) is 16.1. The van der Waals surface area contributed by atoms with Crippen molar-refractivity contribution >= 4 is 27.6 Å². The molecule has 1 aromatic rings. The van der Waals surface area contributed by atoms with Crippen molar-refractivity contribution in [3.63, 3.8) is 0 Å². The molecule has 1 saturated carbocycles. The van der Waals surface area contributed by atoms with E-state index in [1.807, 2.05) is 24.3 Å². The van der Waals surface area contributed by atoms with E-state index in [9.17, 15) is 18.0 Å². The molecule has 154 valence electrons. The van der Waals surface area contributed by atoms with Crippen LogP contribution in [0.25, 0.3) is 0 Å². The molecular formula is C19H28N4O4S. The van der Waals surface area contributed by atoms with E-state index in [2.05, 4.69) is 16.0 Å². The Morgan fingerprint density at radius 1 is 1.14 bits per heavy atom. The minimum Gasteiger partial charge on any atom is -0.335 e. The Morgan fingerprint density at radius 2 is 1.86 bits per heavy atom. The van der Waals surface area contributed by atoms with Gasteiger partial charge in [-0.3, -0.25) is 4.79 Å². The summed E-state index contributed by atoms with van der Waals surface area (Å²) in [4.78, 5) is 24.0. The van der Waals surface area contributed by atoms with E-state index in [0.717, 1.165) is 24.1 Å². The fourth-order valence-electron chi connectivity index (χ4n) is 3.23. The number of urea groups is 1. The number of rotatable bonds is 7. The summed E-state index contributed by atoms with van der Waals surface area (Å²) in [5.41, 5.74) is 1.63. The topological polar surface area (TPSA) is 108 Å². The van der Waals surface area contributed by atoms with E-state index in [0.29, 0.717) is 32.5 Å². The summed E-state index contributed by atoms with van der Waals surface area (Å²) >= 11 is 0. The molecule has 0 spiro atoms. The Hall–Kier alpha value is -2.13. The summed E-state index contributed by atoms with van der Waals surface area (Å²) in [7, 11) is -3.16. The molecule has 2 fully saturated rings. The first-order valence-electron chi connectivity index (χ1n) is 9.79. The van der Waals surface area contributed by atoms with Gasteiger partial charge in [0.1, 0.15) is 0 Å². The normalized spacial score (nSPS) is 18.5. The second kappa shape index (κ2) is 8.91. The number of hydrogen-bond acceptors (Lipinski definition) is 4. The summed E-state index contributed by atoms with van der Waals surface area (Å²) in [6.07, 6.45) is 3.12. The predicted molar refractivity (Wildman–Crippen MR) is 107 cm³/mol. The lowest BCUT2D eigenvalue weighted by molar-refractivity contribution is -0.117. The molecule has 28 heavy (non-hydrogen) atoms. The second-order valence-electron chi connectivity index (χ2n) is 7.36. The molecule has 2 aliphatic rings. The van der Waals surface area contributed by atoms with E-state index in [1.54, 1.807) is 6.92 Å². The van der Waals surface area contributed by atoms with Gasteiger partial charge in [-0.15, -0.1) is 0 Å². The van der Waals surface area contributed by atoms with Gasteiger partial charge in [0.15, 0.2) is 0 Å². The van der Waals surface area contributed by atoms with Gasteiger partial charge in [0.25, 0.3) is 0 Å². The highest BCUT2D eigenvalue weighted by Crippen LogP contribution is 2.30. The Kier molecular flexibility index (Phi) is 6.56. The molecule has 3 N–H and O–H groups in total. The van der Waals surface area contributed by atoms with Crippen LogP contribution in [0.15, 0.2) is 24.3 Å². The van der Waals surface area contributed by atoms with Crippen LogP contribution in [0.4, 0.5) is 10.5 Å². The number of sulfonamides is 1. The van der Waals surface area contributed by atoms with Crippen LogP contribution in [0.5, 0.6) is 0 Å². The lowest BCUT2D eigenvalue weighted by atomic mass is 10.1. The number of piperidine rings is 1. The molecule has 3 rings (SSSR count). The standard InChI is InChI=1S/C19H28N4O4S/c1-2-28(26,27)23-10-8-16(9-11-23)22-19(25)20-13-14-4-3-5-17(12-14)21-18(24)15-6-7-15/h3-5,12,15-16H,2,6-11,13H2,1H3,(H,21,24)(H2,20,22,25). The number of nitrogens with one attached hydrogen (secondary N) is 3. The quantitative estimate of drug-likeness (QED) is 0.637. The number of anilines is 1. The fraction of sp³-hybridized carbons (Fsp3) is 0.579. The lowest BCUT2D eigenvalue weighted by Crippen LogP contribution is -2.49. The third-order valence-corrected chi connectivity index (χ3v) is 7.02. The Morgan fingerprint density at radius 3 is 2.50 bits per heavy atom. The van der Waals surface area contributed by atoms with Crippen molar-refractivity contribution in [1.82, 2.24) is 14.9 Å². The predicted octanol–water partition coefficient (Wildman–Crippen LogP) is 1.65. The summed E-state index contributed by atoms with van der Waals surface area (Å²) in [5, 5.41) is 8.63. The third kappa shape index (κ3) is 5.68. The Balaban J connectivity index is 1.42. The smallest absolute Gasteiger partial charge is 0.315 e. The molecule has 1 saturated heterocycles. The van der Waals surface area contributed by atoms with Crippen molar-refractivity contribution in [2.24, 2.45) is 5.92 Å².